The number of aliphatic hydroxyl groups excluding tert-OH is 1. The monoisotopic (exact) mass is 248 g/mol. The number of carbonyl (C=O) groups excluding carboxylic acids is 1. The molecule has 1 amide bonds. The Morgan fingerprint density at radius 1 is 1.44 bits per heavy atom. The maximum Gasteiger partial charge on any atom is 0.255 e. The van der Waals surface area contributed by atoms with Crippen LogP contribution < -0.4 is 0 Å². The number of pyridine rings is 1. The Morgan fingerprint density at radius 2 is 2.11 bits per heavy atom. The molecule has 1 fully saturated rings. The second kappa shape index (κ2) is 5.48. The second-order valence-corrected chi connectivity index (χ2v) is 5.06. The summed E-state index contributed by atoms with van der Waals surface area (Å²) in [6, 6.07) is 3.68. The van der Waals surface area contributed by atoms with Crippen LogP contribution in [0.2, 0.25) is 0 Å². The predicted octanol–water partition coefficient (Wildman–Crippen LogP) is 1.62. The van der Waals surface area contributed by atoms with Gasteiger partial charge in [-0.1, -0.05) is 0 Å². The molecule has 1 aliphatic rings. The van der Waals surface area contributed by atoms with E-state index >= 15 is 0 Å². The van der Waals surface area contributed by atoms with Crippen LogP contribution in [-0.2, 0) is 0 Å². The molecular formula is C14H20N2O2. The molecule has 98 valence electrons. The number of aliphatic hydroxyl groups is 1. The molecule has 2 heterocycles. The van der Waals surface area contributed by atoms with Gasteiger partial charge in [-0.15, -0.1) is 0 Å². The molecule has 4 nitrogen and oxygen atoms in total. The number of aromatic nitrogens is 1. The van der Waals surface area contributed by atoms with Gasteiger partial charge in [-0.05, 0) is 44.7 Å². The van der Waals surface area contributed by atoms with Crippen LogP contribution in [0.4, 0.5) is 0 Å². The van der Waals surface area contributed by atoms with E-state index in [0.717, 1.165) is 31.6 Å². The van der Waals surface area contributed by atoms with Crippen molar-refractivity contribution in [2.75, 3.05) is 13.1 Å². The van der Waals surface area contributed by atoms with Crippen molar-refractivity contribution in [3.05, 3.63) is 29.6 Å². The van der Waals surface area contributed by atoms with E-state index in [2.05, 4.69) is 4.98 Å². The first-order chi connectivity index (χ1) is 8.58. The lowest BCUT2D eigenvalue weighted by atomic mass is 9.92. The topological polar surface area (TPSA) is 53.4 Å². The first-order valence-corrected chi connectivity index (χ1v) is 6.48. The molecular weight excluding hydrogens is 228 g/mol. The van der Waals surface area contributed by atoms with Crippen LogP contribution in [0.25, 0.3) is 0 Å². The molecule has 1 N–H and O–H groups in total. The lowest BCUT2D eigenvalue weighted by Gasteiger charge is -2.33. The molecule has 0 aromatic carbocycles. The van der Waals surface area contributed by atoms with E-state index in [1.165, 1.54) is 0 Å². The third kappa shape index (κ3) is 2.88. The van der Waals surface area contributed by atoms with Crippen molar-refractivity contribution in [1.29, 1.82) is 0 Å². The quantitative estimate of drug-likeness (QED) is 0.865. The molecule has 4 heteroatoms. The highest BCUT2D eigenvalue weighted by molar-refractivity contribution is 5.93. The van der Waals surface area contributed by atoms with E-state index in [1.807, 2.05) is 30.9 Å². The number of rotatable bonds is 2. The van der Waals surface area contributed by atoms with Gasteiger partial charge in [0.2, 0.25) is 0 Å². The summed E-state index contributed by atoms with van der Waals surface area (Å²) in [7, 11) is 0. The van der Waals surface area contributed by atoms with E-state index in [0.29, 0.717) is 11.5 Å². The Bertz CT molecular complexity index is 406. The number of likely N-dealkylation sites (tertiary alicyclic amines) is 1. The fraction of sp³-hybridized carbons (Fsp3) is 0.571. The molecule has 1 atom stereocenters. The van der Waals surface area contributed by atoms with Gasteiger partial charge < -0.3 is 10.0 Å². The molecule has 1 aliphatic heterocycles. The van der Waals surface area contributed by atoms with Gasteiger partial charge in [0.1, 0.15) is 0 Å². The number of aryl methyl sites for hydroxylation is 1. The smallest absolute Gasteiger partial charge is 0.255 e. The number of amides is 1. The Labute approximate surface area is 108 Å². The van der Waals surface area contributed by atoms with Crippen molar-refractivity contribution < 1.29 is 9.90 Å². The van der Waals surface area contributed by atoms with Crippen molar-refractivity contribution in [1.82, 2.24) is 9.88 Å². The minimum Gasteiger partial charge on any atom is -0.393 e. The Morgan fingerprint density at radius 3 is 2.61 bits per heavy atom. The number of hydrogen-bond donors (Lipinski definition) is 1. The molecule has 18 heavy (non-hydrogen) atoms. The van der Waals surface area contributed by atoms with Crippen LogP contribution in [0, 0.1) is 12.8 Å². The molecule has 0 saturated carbocycles. The predicted molar refractivity (Wildman–Crippen MR) is 69.3 cm³/mol. The summed E-state index contributed by atoms with van der Waals surface area (Å²) in [6.45, 7) is 5.18. The van der Waals surface area contributed by atoms with Crippen molar-refractivity contribution in [3.63, 3.8) is 0 Å². The van der Waals surface area contributed by atoms with Crippen molar-refractivity contribution in [2.24, 2.45) is 5.92 Å². The van der Waals surface area contributed by atoms with Crippen LogP contribution in [0.5, 0.6) is 0 Å². The van der Waals surface area contributed by atoms with Gasteiger partial charge >= 0.3 is 0 Å². The zero-order valence-corrected chi connectivity index (χ0v) is 11.0. The minimum atomic E-state index is -0.275. The van der Waals surface area contributed by atoms with Crippen LogP contribution >= 0.6 is 0 Å². The molecule has 1 aromatic heterocycles. The molecule has 1 saturated heterocycles. The van der Waals surface area contributed by atoms with E-state index in [1.54, 1.807) is 6.20 Å². The summed E-state index contributed by atoms with van der Waals surface area (Å²) in [5.41, 5.74) is 1.57. The zero-order valence-electron chi connectivity index (χ0n) is 11.0. The normalized spacial score (nSPS) is 18.7. The first-order valence-electron chi connectivity index (χ1n) is 6.48. The lowest BCUT2D eigenvalue weighted by molar-refractivity contribution is 0.0521. The summed E-state index contributed by atoms with van der Waals surface area (Å²) in [5.74, 6) is 0.372. The molecule has 1 aromatic rings. The van der Waals surface area contributed by atoms with Gasteiger partial charge in [0.25, 0.3) is 5.91 Å². The highest BCUT2D eigenvalue weighted by Gasteiger charge is 2.25. The molecule has 1 unspecified atom stereocenters. The Kier molecular flexibility index (Phi) is 3.97. The Hall–Kier alpha value is -1.42. The summed E-state index contributed by atoms with van der Waals surface area (Å²) in [5, 5.41) is 9.54. The summed E-state index contributed by atoms with van der Waals surface area (Å²) in [6.07, 6.45) is 3.12. The number of hydrogen-bond acceptors (Lipinski definition) is 3. The van der Waals surface area contributed by atoms with Gasteiger partial charge in [0.05, 0.1) is 11.7 Å². The van der Waals surface area contributed by atoms with Crippen molar-refractivity contribution >= 4 is 5.91 Å². The fourth-order valence-electron chi connectivity index (χ4n) is 2.36. The standard InChI is InChI=1S/C14H20N2O2/c1-10-3-4-13(9-15-10)14(18)16-7-5-12(6-8-16)11(2)17/h3-4,9,11-12,17H,5-8H2,1-2H3. The molecule has 0 aliphatic carbocycles. The van der Waals surface area contributed by atoms with E-state index < -0.39 is 0 Å². The van der Waals surface area contributed by atoms with Gasteiger partial charge in [-0.25, -0.2) is 0 Å². The van der Waals surface area contributed by atoms with Crippen LogP contribution in [0.1, 0.15) is 35.8 Å². The van der Waals surface area contributed by atoms with Crippen molar-refractivity contribution in [2.45, 2.75) is 32.8 Å². The summed E-state index contributed by atoms with van der Waals surface area (Å²) in [4.78, 5) is 18.2. The van der Waals surface area contributed by atoms with Gasteiger partial charge in [-0.2, -0.15) is 0 Å². The number of piperidine rings is 1. The van der Waals surface area contributed by atoms with Crippen LogP contribution in [0.15, 0.2) is 18.3 Å². The SMILES string of the molecule is Cc1ccc(C(=O)N2CCC(C(C)O)CC2)cn1. The van der Waals surface area contributed by atoms with Crippen LogP contribution in [0.3, 0.4) is 0 Å². The van der Waals surface area contributed by atoms with E-state index in [9.17, 15) is 9.90 Å². The summed E-state index contributed by atoms with van der Waals surface area (Å²) >= 11 is 0. The highest BCUT2D eigenvalue weighted by atomic mass is 16.3. The summed E-state index contributed by atoms with van der Waals surface area (Å²) < 4.78 is 0. The van der Waals surface area contributed by atoms with Gasteiger partial charge in [0, 0.05) is 25.0 Å². The average Bonchev–Trinajstić information content (AvgIpc) is 2.39. The molecule has 0 radical (unpaired) electrons. The minimum absolute atomic E-state index is 0.0477. The second-order valence-electron chi connectivity index (χ2n) is 5.06. The van der Waals surface area contributed by atoms with Gasteiger partial charge in [0.15, 0.2) is 0 Å². The van der Waals surface area contributed by atoms with E-state index in [-0.39, 0.29) is 12.0 Å². The highest BCUT2D eigenvalue weighted by Crippen LogP contribution is 2.21. The zero-order chi connectivity index (χ0) is 13.1. The molecule has 0 spiro atoms. The Balaban J connectivity index is 1.97. The van der Waals surface area contributed by atoms with Crippen molar-refractivity contribution in [3.8, 4) is 0 Å². The maximum absolute atomic E-state index is 12.2. The first kappa shape index (κ1) is 13.0. The third-order valence-electron chi connectivity index (χ3n) is 3.67. The lowest BCUT2D eigenvalue weighted by Crippen LogP contribution is -2.40. The number of nitrogens with zero attached hydrogens (tertiary/aromatic N) is 2. The third-order valence-corrected chi connectivity index (χ3v) is 3.67. The molecule has 0 bridgehead atoms. The van der Waals surface area contributed by atoms with E-state index in [4.69, 9.17) is 0 Å². The average molecular weight is 248 g/mol. The molecule has 2 rings (SSSR count). The number of carbonyl (C=O) groups is 1. The fourth-order valence-corrected chi connectivity index (χ4v) is 2.36. The maximum atomic E-state index is 12.2. The van der Waals surface area contributed by atoms with Crippen LogP contribution in [-0.4, -0.2) is 40.1 Å². The van der Waals surface area contributed by atoms with Gasteiger partial charge in [-0.3, -0.25) is 9.78 Å². The largest absolute Gasteiger partial charge is 0.393 e.